The standard InChI is InChI=1S/C14H22N2O/c1-4-15-14(17)12-5-7-13(8-6-12)16-10-9-11(2)3/h5-8,11,16H,4,9-10H2,1-3H3,(H,15,17). The van der Waals surface area contributed by atoms with Crippen LogP contribution in [0.4, 0.5) is 5.69 Å². The SMILES string of the molecule is CCNC(=O)c1ccc(NCCC(C)C)cc1. The van der Waals surface area contributed by atoms with Gasteiger partial charge in [-0.2, -0.15) is 0 Å². The Morgan fingerprint density at radius 3 is 2.41 bits per heavy atom. The van der Waals surface area contributed by atoms with Gasteiger partial charge in [0.1, 0.15) is 0 Å². The molecular weight excluding hydrogens is 212 g/mol. The molecule has 0 bridgehead atoms. The van der Waals surface area contributed by atoms with Crippen molar-refractivity contribution in [2.45, 2.75) is 27.2 Å². The molecule has 0 aliphatic rings. The summed E-state index contributed by atoms with van der Waals surface area (Å²) in [5.74, 6) is 0.693. The number of amides is 1. The first-order chi connectivity index (χ1) is 8.13. The second-order valence-corrected chi connectivity index (χ2v) is 4.55. The highest BCUT2D eigenvalue weighted by Crippen LogP contribution is 2.10. The first-order valence-electron chi connectivity index (χ1n) is 6.25. The Morgan fingerprint density at radius 2 is 1.88 bits per heavy atom. The third-order valence-electron chi connectivity index (χ3n) is 2.54. The van der Waals surface area contributed by atoms with E-state index in [-0.39, 0.29) is 5.91 Å². The van der Waals surface area contributed by atoms with Crippen LogP contribution in [0.1, 0.15) is 37.6 Å². The zero-order valence-corrected chi connectivity index (χ0v) is 10.9. The predicted octanol–water partition coefficient (Wildman–Crippen LogP) is 2.89. The fourth-order valence-corrected chi connectivity index (χ4v) is 1.51. The molecule has 0 radical (unpaired) electrons. The highest BCUT2D eigenvalue weighted by molar-refractivity contribution is 5.94. The largest absolute Gasteiger partial charge is 0.385 e. The van der Waals surface area contributed by atoms with Crippen molar-refractivity contribution in [2.24, 2.45) is 5.92 Å². The van der Waals surface area contributed by atoms with E-state index >= 15 is 0 Å². The Morgan fingerprint density at radius 1 is 1.24 bits per heavy atom. The van der Waals surface area contributed by atoms with Gasteiger partial charge in [-0.3, -0.25) is 4.79 Å². The molecule has 3 nitrogen and oxygen atoms in total. The van der Waals surface area contributed by atoms with Gasteiger partial charge in [0.15, 0.2) is 0 Å². The van der Waals surface area contributed by atoms with Crippen molar-refractivity contribution >= 4 is 11.6 Å². The number of hydrogen-bond donors (Lipinski definition) is 2. The van der Waals surface area contributed by atoms with E-state index in [1.165, 1.54) is 0 Å². The fourth-order valence-electron chi connectivity index (χ4n) is 1.51. The van der Waals surface area contributed by atoms with Gasteiger partial charge in [-0.15, -0.1) is 0 Å². The maximum absolute atomic E-state index is 11.5. The Hall–Kier alpha value is -1.51. The average Bonchev–Trinajstić information content (AvgIpc) is 2.30. The van der Waals surface area contributed by atoms with Gasteiger partial charge in [-0.1, -0.05) is 13.8 Å². The van der Waals surface area contributed by atoms with Crippen LogP contribution in [-0.2, 0) is 0 Å². The van der Waals surface area contributed by atoms with Gasteiger partial charge in [0.05, 0.1) is 0 Å². The minimum atomic E-state index is -0.0127. The maximum Gasteiger partial charge on any atom is 0.251 e. The lowest BCUT2D eigenvalue weighted by atomic mass is 10.1. The Kier molecular flexibility index (Phi) is 5.53. The van der Waals surface area contributed by atoms with Crippen molar-refractivity contribution in [3.05, 3.63) is 29.8 Å². The second-order valence-electron chi connectivity index (χ2n) is 4.55. The quantitative estimate of drug-likeness (QED) is 0.794. The molecule has 0 fully saturated rings. The molecule has 0 saturated carbocycles. The van der Waals surface area contributed by atoms with E-state index in [1.807, 2.05) is 31.2 Å². The van der Waals surface area contributed by atoms with E-state index in [2.05, 4.69) is 24.5 Å². The topological polar surface area (TPSA) is 41.1 Å². The maximum atomic E-state index is 11.5. The molecule has 2 N–H and O–H groups in total. The van der Waals surface area contributed by atoms with Gasteiger partial charge in [0.2, 0.25) is 0 Å². The molecule has 0 aliphatic heterocycles. The monoisotopic (exact) mass is 234 g/mol. The van der Waals surface area contributed by atoms with E-state index < -0.39 is 0 Å². The van der Waals surface area contributed by atoms with Crippen molar-refractivity contribution in [3.8, 4) is 0 Å². The number of anilines is 1. The zero-order valence-electron chi connectivity index (χ0n) is 10.9. The van der Waals surface area contributed by atoms with E-state index in [0.29, 0.717) is 18.0 Å². The van der Waals surface area contributed by atoms with Crippen LogP contribution < -0.4 is 10.6 Å². The summed E-state index contributed by atoms with van der Waals surface area (Å²) in [5, 5.41) is 6.12. The van der Waals surface area contributed by atoms with Gasteiger partial charge >= 0.3 is 0 Å². The Bertz CT molecular complexity index is 344. The summed E-state index contributed by atoms with van der Waals surface area (Å²) < 4.78 is 0. The number of hydrogen-bond acceptors (Lipinski definition) is 2. The van der Waals surface area contributed by atoms with Crippen LogP contribution in [0.15, 0.2) is 24.3 Å². The number of carbonyl (C=O) groups excluding carboxylic acids is 1. The highest BCUT2D eigenvalue weighted by Gasteiger charge is 2.03. The average molecular weight is 234 g/mol. The Balaban J connectivity index is 2.47. The number of rotatable bonds is 6. The molecular formula is C14H22N2O. The van der Waals surface area contributed by atoms with Gasteiger partial charge in [-0.05, 0) is 43.5 Å². The van der Waals surface area contributed by atoms with Crippen LogP contribution in [0.5, 0.6) is 0 Å². The number of carbonyl (C=O) groups is 1. The van der Waals surface area contributed by atoms with Gasteiger partial charge in [-0.25, -0.2) is 0 Å². The van der Waals surface area contributed by atoms with Crippen LogP contribution in [0.3, 0.4) is 0 Å². The Labute approximate surface area is 104 Å². The lowest BCUT2D eigenvalue weighted by Crippen LogP contribution is -2.22. The molecule has 1 amide bonds. The molecule has 0 spiro atoms. The fraction of sp³-hybridized carbons (Fsp3) is 0.500. The minimum absolute atomic E-state index is 0.0127. The van der Waals surface area contributed by atoms with E-state index in [9.17, 15) is 4.79 Å². The van der Waals surface area contributed by atoms with Crippen molar-refractivity contribution in [2.75, 3.05) is 18.4 Å². The molecule has 3 heteroatoms. The van der Waals surface area contributed by atoms with Crippen molar-refractivity contribution in [1.29, 1.82) is 0 Å². The van der Waals surface area contributed by atoms with Crippen LogP contribution in [0, 0.1) is 5.92 Å². The highest BCUT2D eigenvalue weighted by atomic mass is 16.1. The van der Waals surface area contributed by atoms with E-state index in [0.717, 1.165) is 18.7 Å². The molecule has 94 valence electrons. The molecule has 0 aromatic heterocycles. The third kappa shape index (κ3) is 4.89. The lowest BCUT2D eigenvalue weighted by Gasteiger charge is -2.09. The summed E-state index contributed by atoms with van der Waals surface area (Å²) >= 11 is 0. The molecule has 0 aliphatic carbocycles. The van der Waals surface area contributed by atoms with Crippen molar-refractivity contribution < 1.29 is 4.79 Å². The lowest BCUT2D eigenvalue weighted by molar-refractivity contribution is 0.0956. The molecule has 1 aromatic rings. The summed E-state index contributed by atoms with van der Waals surface area (Å²) in [7, 11) is 0. The summed E-state index contributed by atoms with van der Waals surface area (Å²) in [4.78, 5) is 11.5. The van der Waals surface area contributed by atoms with E-state index in [4.69, 9.17) is 0 Å². The predicted molar refractivity (Wildman–Crippen MR) is 72.4 cm³/mol. The molecule has 0 saturated heterocycles. The summed E-state index contributed by atoms with van der Waals surface area (Å²) in [6.07, 6.45) is 1.15. The molecule has 17 heavy (non-hydrogen) atoms. The van der Waals surface area contributed by atoms with E-state index in [1.54, 1.807) is 0 Å². The molecule has 0 heterocycles. The summed E-state index contributed by atoms with van der Waals surface area (Å²) in [6.45, 7) is 7.96. The zero-order chi connectivity index (χ0) is 12.7. The normalized spacial score (nSPS) is 10.4. The third-order valence-corrected chi connectivity index (χ3v) is 2.54. The van der Waals surface area contributed by atoms with Crippen LogP contribution in [-0.4, -0.2) is 19.0 Å². The molecule has 0 atom stereocenters. The van der Waals surface area contributed by atoms with Crippen molar-refractivity contribution in [3.63, 3.8) is 0 Å². The summed E-state index contributed by atoms with van der Waals surface area (Å²) in [6, 6.07) is 7.60. The number of benzene rings is 1. The number of nitrogens with one attached hydrogen (secondary N) is 2. The van der Waals surface area contributed by atoms with Crippen LogP contribution >= 0.6 is 0 Å². The van der Waals surface area contributed by atoms with Crippen LogP contribution in [0.2, 0.25) is 0 Å². The first kappa shape index (κ1) is 13.6. The molecule has 1 aromatic carbocycles. The molecule has 0 unspecified atom stereocenters. The van der Waals surface area contributed by atoms with Crippen LogP contribution in [0.25, 0.3) is 0 Å². The smallest absolute Gasteiger partial charge is 0.251 e. The summed E-state index contributed by atoms with van der Waals surface area (Å²) in [5.41, 5.74) is 1.78. The minimum Gasteiger partial charge on any atom is -0.385 e. The van der Waals surface area contributed by atoms with Crippen molar-refractivity contribution in [1.82, 2.24) is 5.32 Å². The van der Waals surface area contributed by atoms with Gasteiger partial charge in [0.25, 0.3) is 5.91 Å². The first-order valence-corrected chi connectivity index (χ1v) is 6.25. The second kappa shape index (κ2) is 6.94. The van der Waals surface area contributed by atoms with Gasteiger partial charge in [0, 0.05) is 24.3 Å². The molecule has 1 rings (SSSR count). The van der Waals surface area contributed by atoms with Gasteiger partial charge < -0.3 is 10.6 Å².